The van der Waals surface area contributed by atoms with Gasteiger partial charge >= 0.3 is 5.97 Å². The van der Waals surface area contributed by atoms with E-state index in [2.05, 4.69) is 0 Å². The average Bonchev–Trinajstić information content (AvgIpc) is 2.30. The molecular weight excluding hydrogens is 244 g/mol. The molecule has 0 aliphatic heterocycles. The highest BCUT2D eigenvalue weighted by Crippen LogP contribution is 2.21. The molecule has 0 saturated heterocycles. The number of benzene rings is 1. The quantitative estimate of drug-likeness (QED) is 0.628. The molecule has 0 aromatic heterocycles. The van der Waals surface area contributed by atoms with Crippen LogP contribution in [0.25, 0.3) is 0 Å². The van der Waals surface area contributed by atoms with Crippen LogP contribution in [0, 0.1) is 0 Å². The monoisotopic (exact) mass is 256 g/mol. The Labute approximate surface area is 104 Å². The van der Waals surface area contributed by atoms with Crippen LogP contribution < -0.4 is 4.74 Å². The third-order valence-corrected chi connectivity index (χ3v) is 2.34. The summed E-state index contributed by atoms with van der Waals surface area (Å²) in [7, 11) is 0. The number of ether oxygens (including phenoxy) is 1. The molecule has 0 aliphatic rings. The lowest BCUT2D eigenvalue weighted by Crippen LogP contribution is -2.06. The highest BCUT2D eigenvalue weighted by molar-refractivity contribution is 6.19. The summed E-state index contributed by atoms with van der Waals surface area (Å²) in [5.41, 5.74) is 0.332. The number of ketones is 1. The number of Topliss-reactive ketones (excluding diaryl/α,β-unsaturated/α-hetero) is 1. The molecule has 0 unspecified atom stereocenters. The first-order valence-electron chi connectivity index (χ1n) is 5.19. The predicted molar refractivity (Wildman–Crippen MR) is 64.2 cm³/mol. The molecule has 0 fully saturated rings. The minimum absolute atomic E-state index is 0.00716. The standard InChI is InChI=1S/C12H13ClO4/c1-2-17-11-4-3-8(10(14)5-6-13)7-9(11)12(15)16/h3-4,7H,2,5-6H2,1H3,(H,15,16). The third kappa shape index (κ3) is 3.46. The summed E-state index contributed by atoms with van der Waals surface area (Å²) in [6, 6.07) is 4.36. The molecule has 92 valence electrons. The summed E-state index contributed by atoms with van der Waals surface area (Å²) in [4.78, 5) is 22.6. The van der Waals surface area contributed by atoms with E-state index in [1.807, 2.05) is 0 Å². The molecule has 1 N–H and O–H groups in total. The fourth-order valence-corrected chi connectivity index (χ4v) is 1.55. The van der Waals surface area contributed by atoms with Crippen molar-refractivity contribution in [1.82, 2.24) is 0 Å². The summed E-state index contributed by atoms with van der Waals surface area (Å²) in [5, 5.41) is 9.01. The van der Waals surface area contributed by atoms with Gasteiger partial charge < -0.3 is 9.84 Å². The fraction of sp³-hybridized carbons (Fsp3) is 0.333. The molecule has 0 atom stereocenters. The van der Waals surface area contributed by atoms with Crippen molar-refractivity contribution in [2.75, 3.05) is 12.5 Å². The number of carboxylic acids is 1. The number of hydrogen-bond acceptors (Lipinski definition) is 3. The van der Waals surface area contributed by atoms with Gasteiger partial charge in [0.15, 0.2) is 5.78 Å². The number of hydrogen-bond donors (Lipinski definition) is 1. The summed E-state index contributed by atoms with van der Waals surface area (Å²) in [5.74, 6) is -0.809. The minimum Gasteiger partial charge on any atom is -0.493 e. The molecule has 0 amide bonds. The summed E-state index contributed by atoms with van der Waals surface area (Å²) in [6.07, 6.45) is 0.189. The number of aromatic carboxylic acids is 1. The molecule has 4 nitrogen and oxygen atoms in total. The van der Waals surface area contributed by atoms with Crippen LogP contribution in [0.1, 0.15) is 34.1 Å². The zero-order valence-corrected chi connectivity index (χ0v) is 10.2. The molecule has 1 rings (SSSR count). The van der Waals surface area contributed by atoms with Gasteiger partial charge in [0, 0.05) is 17.9 Å². The van der Waals surface area contributed by atoms with Crippen molar-refractivity contribution in [3.8, 4) is 5.75 Å². The van der Waals surface area contributed by atoms with E-state index in [-0.39, 0.29) is 29.4 Å². The zero-order chi connectivity index (χ0) is 12.8. The molecule has 0 aliphatic carbocycles. The molecule has 0 bridgehead atoms. The fourth-order valence-electron chi connectivity index (χ4n) is 1.38. The average molecular weight is 257 g/mol. The van der Waals surface area contributed by atoms with E-state index >= 15 is 0 Å². The number of carbonyl (C=O) groups is 2. The Morgan fingerprint density at radius 1 is 1.41 bits per heavy atom. The second kappa shape index (κ2) is 6.25. The summed E-state index contributed by atoms with van der Waals surface area (Å²) < 4.78 is 5.17. The Hall–Kier alpha value is -1.55. The van der Waals surface area contributed by atoms with E-state index in [9.17, 15) is 9.59 Å². The van der Waals surface area contributed by atoms with E-state index in [0.717, 1.165) is 0 Å². The maximum atomic E-state index is 11.6. The van der Waals surface area contributed by atoms with Gasteiger partial charge in [-0.05, 0) is 25.1 Å². The van der Waals surface area contributed by atoms with E-state index in [1.54, 1.807) is 13.0 Å². The Bertz CT molecular complexity index is 429. The van der Waals surface area contributed by atoms with Crippen LogP contribution in [0.15, 0.2) is 18.2 Å². The van der Waals surface area contributed by atoms with Gasteiger partial charge in [-0.15, -0.1) is 11.6 Å². The van der Waals surface area contributed by atoms with Crippen LogP contribution in [0.2, 0.25) is 0 Å². The largest absolute Gasteiger partial charge is 0.493 e. The predicted octanol–water partition coefficient (Wildman–Crippen LogP) is 2.60. The SMILES string of the molecule is CCOc1ccc(C(=O)CCCl)cc1C(=O)O. The topological polar surface area (TPSA) is 63.6 Å². The van der Waals surface area contributed by atoms with Crippen molar-refractivity contribution in [1.29, 1.82) is 0 Å². The number of carboxylic acid groups (broad SMARTS) is 1. The van der Waals surface area contributed by atoms with Crippen LogP contribution in [0.3, 0.4) is 0 Å². The smallest absolute Gasteiger partial charge is 0.339 e. The van der Waals surface area contributed by atoms with Crippen LogP contribution in [-0.2, 0) is 0 Å². The molecule has 0 radical (unpaired) electrons. The number of carbonyl (C=O) groups excluding carboxylic acids is 1. The first-order valence-corrected chi connectivity index (χ1v) is 5.73. The van der Waals surface area contributed by atoms with Crippen molar-refractivity contribution in [3.63, 3.8) is 0 Å². The van der Waals surface area contributed by atoms with E-state index < -0.39 is 5.97 Å². The molecule has 5 heteroatoms. The Morgan fingerprint density at radius 3 is 2.65 bits per heavy atom. The van der Waals surface area contributed by atoms with Crippen molar-refractivity contribution >= 4 is 23.4 Å². The number of halogens is 1. The first kappa shape index (κ1) is 13.5. The Balaban J connectivity index is 3.09. The lowest BCUT2D eigenvalue weighted by atomic mass is 10.0. The maximum absolute atomic E-state index is 11.6. The molecule has 1 aromatic carbocycles. The molecular formula is C12H13ClO4. The number of alkyl halides is 1. The van der Waals surface area contributed by atoms with Crippen LogP contribution in [0.4, 0.5) is 0 Å². The summed E-state index contributed by atoms with van der Waals surface area (Å²) in [6.45, 7) is 2.13. The van der Waals surface area contributed by atoms with Gasteiger partial charge in [0.2, 0.25) is 0 Å². The molecule has 0 heterocycles. The Morgan fingerprint density at radius 2 is 2.12 bits per heavy atom. The lowest BCUT2D eigenvalue weighted by Gasteiger charge is -2.08. The molecule has 0 spiro atoms. The third-order valence-electron chi connectivity index (χ3n) is 2.15. The van der Waals surface area contributed by atoms with E-state index in [1.165, 1.54) is 12.1 Å². The van der Waals surface area contributed by atoms with Gasteiger partial charge in [-0.3, -0.25) is 4.79 Å². The molecule has 1 aromatic rings. The molecule has 0 saturated carbocycles. The Kier molecular flexibility index (Phi) is 4.97. The van der Waals surface area contributed by atoms with Crippen LogP contribution in [-0.4, -0.2) is 29.3 Å². The van der Waals surface area contributed by atoms with Crippen LogP contribution in [0.5, 0.6) is 5.75 Å². The van der Waals surface area contributed by atoms with E-state index in [4.69, 9.17) is 21.4 Å². The van der Waals surface area contributed by atoms with E-state index in [0.29, 0.717) is 12.2 Å². The van der Waals surface area contributed by atoms with Crippen molar-refractivity contribution in [2.45, 2.75) is 13.3 Å². The highest BCUT2D eigenvalue weighted by atomic mass is 35.5. The van der Waals surface area contributed by atoms with Crippen LogP contribution >= 0.6 is 11.6 Å². The van der Waals surface area contributed by atoms with Crippen molar-refractivity contribution < 1.29 is 19.4 Å². The summed E-state index contributed by atoms with van der Waals surface area (Å²) >= 11 is 5.47. The molecule has 17 heavy (non-hydrogen) atoms. The maximum Gasteiger partial charge on any atom is 0.339 e. The van der Waals surface area contributed by atoms with Gasteiger partial charge in [0.1, 0.15) is 11.3 Å². The van der Waals surface area contributed by atoms with Crippen molar-refractivity contribution in [3.05, 3.63) is 29.3 Å². The van der Waals surface area contributed by atoms with Gasteiger partial charge in [-0.1, -0.05) is 0 Å². The van der Waals surface area contributed by atoms with Gasteiger partial charge in [-0.25, -0.2) is 4.79 Å². The van der Waals surface area contributed by atoms with Crippen molar-refractivity contribution in [2.24, 2.45) is 0 Å². The second-order valence-electron chi connectivity index (χ2n) is 3.31. The highest BCUT2D eigenvalue weighted by Gasteiger charge is 2.14. The normalized spacial score (nSPS) is 10.0. The zero-order valence-electron chi connectivity index (χ0n) is 9.40. The van der Waals surface area contributed by atoms with Gasteiger partial charge in [0.05, 0.1) is 6.61 Å². The van der Waals surface area contributed by atoms with Gasteiger partial charge in [-0.2, -0.15) is 0 Å². The number of rotatable bonds is 6. The second-order valence-corrected chi connectivity index (χ2v) is 3.69. The minimum atomic E-state index is -1.12. The lowest BCUT2D eigenvalue weighted by molar-refractivity contribution is 0.0692. The first-order chi connectivity index (χ1) is 8.10. The van der Waals surface area contributed by atoms with Gasteiger partial charge in [0.25, 0.3) is 0 Å².